The van der Waals surface area contributed by atoms with E-state index in [0.717, 1.165) is 10.5 Å². The highest BCUT2D eigenvalue weighted by Gasteiger charge is 2.21. The van der Waals surface area contributed by atoms with Crippen LogP contribution in [0.1, 0.15) is 25.5 Å². The van der Waals surface area contributed by atoms with Gasteiger partial charge in [0.05, 0.1) is 11.4 Å². The number of primary amides is 1. The number of benzene rings is 2. The highest BCUT2D eigenvalue weighted by Crippen LogP contribution is 2.26. The molecule has 2 aromatic rings. The smallest absolute Gasteiger partial charge is 0.279 e. The molecule has 0 aliphatic rings. The Morgan fingerprint density at radius 1 is 1.15 bits per heavy atom. The van der Waals surface area contributed by atoms with Gasteiger partial charge in [0.25, 0.3) is 5.91 Å². The Morgan fingerprint density at radius 2 is 1.81 bits per heavy atom. The van der Waals surface area contributed by atoms with Crippen LogP contribution in [0.5, 0.6) is 0 Å². The first-order chi connectivity index (χ1) is 12.9. The predicted octanol–water partition coefficient (Wildman–Crippen LogP) is 2.30. The maximum absolute atomic E-state index is 13.2. The van der Waals surface area contributed by atoms with Gasteiger partial charge in [0.2, 0.25) is 5.91 Å². The summed E-state index contributed by atoms with van der Waals surface area (Å²) in [5.74, 6) is -0.395. The number of amides is 2. The van der Waals surface area contributed by atoms with Crippen LogP contribution >= 0.6 is 11.8 Å². The molecule has 2 amide bonds. The van der Waals surface area contributed by atoms with Crippen LogP contribution in [0.15, 0.2) is 53.4 Å². The van der Waals surface area contributed by atoms with E-state index < -0.39 is 5.91 Å². The fraction of sp³-hybridized carbons (Fsp3) is 0.300. The lowest BCUT2D eigenvalue weighted by atomic mass is 9.96. The van der Waals surface area contributed by atoms with Crippen molar-refractivity contribution in [1.82, 2.24) is 0 Å². The lowest BCUT2D eigenvalue weighted by Gasteiger charge is -2.19. The monoisotopic (exact) mass is 390 g/mol. The van der Waals surface area contributed by atoms with Crippen LogP contribution in [0.25, 0.3) is 0 Å². The molecule has 144 valence electrons. The summed E-state index contributed by atoms with van der Waals surface area (Å²) in [5.41, 5.74) is 6.83. The largest absolute Gasteiger partial charge is 0.369 e. The third-order valence-electron chi connectivity index (χ3n) is 4.06. The van der Waals surface area contributed by atoms with E-state index in [1.165, 1.54) is 23.9 Å². The Bertz CT molecular complexity index is 781. The molecule has 2 rings (SSSR count). The van der Waals surface area contributed by atoms with E-state index in [1.807, 2.05) is 23.5 Å². The number of carbonyl (C=O) groups is 2. The van der Waals surface area contributed by atoms with Gasteiger partial charge < -0.3 is 16.4 Å². The van der Waals surface area contributed by atoms with E-state index in [0.29, 0.717) is 5.69 Å². The molecule has 27 heavy (non-hydrogen) atoms. The van der Waals surface area contributed by atoms with Gasteiger partial charge in [0.1, 0.15) is 11.9 Å². The summed E-state index contributed by atoms with van der Waals surface area (Å²) >= 11 is 1.29. The van der Waals surface area contributed by atoms with Gasteiger partial charge in [0.15, 0.2) is 6.54 Å². The summed E-state index contributed by atoms with van der Waals surface area (Å²) in [5, 5.41) is 4.84. The SMILES string of the molecule is CC(C)[C@@H]([NH2+]CC(=O)Nc1ccccc1SCC(N)=O)c1ccc(F)cc1. The highest BCUT2D eigenvalue weighted by atomic mass is 32.2. The van der Waals surface area contributed by atoms with E-state index in [-0.39, 0.29) is 36.0 Å². The number of quaternary nitrogens is 1. The lowest BCUT2D eigenvalue weighted by Crippen LogP contribution is -2.88. The fourth-order valence-electron chi connectivity index (χ4n) is 2.76. The molecular weight excluding hydrogens is 365 g/mol. The first-order valence-corrected chi connectivity index (χ1v) is 9.74. The summed E-state index contributed by atoms with van der Waals surface area (Å²) < 4.78 is 13.2. The molecule has 0 spiro atoms. The molecule has 0 saturated carbocycles. The van der Waals surface area contributed by atoms with Crippen LogP contribution in [0.2, 0.25) is 0 Å². The topological polar surface area (TPSA) is 88.8 Å². The van der Waals surface area contributed by atoms with E-state index >= 15 is 0 Å². The Balaban J connectivity index is 1.98. The lowest BCUT2D eigenvalue weighted by molar-refractivity contribution is -0.692. The molecule has 0 aliphatic carbocycles. The number of nitrogens with two attached hydrogens (primary N) is 2. The molecule has 7 heteroatoms. The maximum Gasteiger partial charge on any atom is 0.279 e. The molecule has 0 aliphatic heterocycles. The molecule has 0 aromatic heterocycles. The first kappa shape index (κ1) is 20.9. The van der Waals surface area contributed by atoms with Crippen molar-refractivity contribution in [3.63, 3.8) is 0 Å². The summed E-state index contributed by atoms with van der Waals surface area (Å²) in [4.78, 5) is 24.2. The van der Waals surface area contributed by atoms with E-state index in [9.17, 15) is 14.0 Å². The minimum atomic E-state index is -0.409. The van der Waals surface area contributed by atoms with Gasteiger partial charge in [-0.25, -0.2) is 4.39 Å². The van der Waals surface area contributed by atoms with Gasteiger partial charge in [-0.3, -0.25) is 9.59 Å². The second kappa shape index (κ2) is 10.1. The summed E-state index contributed by atoms with van der Waals surface area (Å²) in [6.45, 7) is 4.37. The van der Waals surface area contributed by atoms with Gasteiger partial charge in [0, 0.05) is 16.4 Å². The highest BCUT2D eigenvalue weighted by molar-refractivity contribution is 8.00. The third-order valence-corrected chi connectivity index (χ3v) is 5.16. The van der Waals surface area contributed by atoms with E-state index in [4.69, 9.17) is 5.73 Å². The Labute approximate surface area is 162 Å². The number of para-hydroxylation sites is 1. The zero-order valence-corrected chi connectivity index (χ0v) is 16.3. The van der Waals surface area contributed by atoms with Gasteiger partial charge in [-0.2, -0.15) is 0 Å². The molecule has 0 heterocycles. The number of anilines is 1. The van der Waals surface area contributed by atoms with Crippen LogP contribution in [-0.4, -0.2) is 24.1 Å². The molecule has 0 saturated heterocycles. The summed E-state index contributed by atoms with van der Waals surface area (Å²) in [6, 6.07) is 13.7. The van der Waals surface area contributed by atoms with Gasteiger partial charge in [-0.15, -0.1) is 11.8 Å². The summed E-state index contributed by atoms with van der Waals surface area (Å²) in [7, 11) is 0. The predicted molar refractivity (Wildman–Crippen MR) is 106 cm³/mol. The molecule has 0 radical (unpaired) electrons. The zero-order chi connectivity index (χ0) is 19.8. The third kappa shape index (κ3) is 6.69. The maximum atomic E-state index is 13.2. The molecule has 1 atom stereocenters. The zero-order valence-electron chi connectivity index (χ0n) is 15.4. The van der Waals surface area contributed by atoms with Gasteiger partial charge >= 0.3 is 0 Å². The Morgan fingerprint density at radius 3 is 2.44 bits per heavy atom. The second-order valence-electron chi connectivity index (χ2n) is 6.56. The standard InChI is InChI=1S/C20H24FN3O2S/c1-13(2)20(14-7-9-15(21)10-8-14)23-11-19(26)24-16-5-3-4-6-17(16)27-12-18(22)25/h3-10,13,20,23H,11-12H2,1-2H3,(H2,22,25)(H,24,26)/p+1/t20-/m1/s1. The molecular formula is C20H25FN3O2S+. The van der Waals surface area contributed by atoms with Gasteiger partial charge in [-0.1, -0.05) is 38.1 Å². The van der Waals surface area contributed by atoms with E-state index in [1.54, 1.807) is 18.2 Å². The minimum absolute atomic E-state index is 0.0517. The molecule has 0 unspecified atom stereocenters. The minimum Gasteiger partial charge on any atom is -0.369 e. The fourth-order valence-corrected chi connectivity index (χ4v) is 3.51. The summed E-state index contributed by atoms with van der Waals surface area (Å²) in [6.07, 6.45) is 0. The molecule has 0 bridgehead atoms. The van der Waals surface area contributed by atoms with Crippen molar-refractivity contribution in [3.05, 3.63) is 59.9 Å². The first-order valence-electron chi connectivity index (χ1n) is 8.75. The second-order valence-corrected chi connectivity index (χ2v) is 7.58. The van der Waals surface area contributed by atoms with Crippen LogP contribution in [0.3, 0.4) is 0 Å². The Hall–Kier alpha value is -2.38. The van der Waals surface area contributed by atoms with Crippen molar-refractivity contribution in [2.75, 3.05) is 17.6 Å². The van der Waals surface area contributed by atoms with Crippen LogP contribution in [-0.2, 0) is 9.59 Å². The van der Waals surface area contributed by atoms with Crippen molar-refractivity contribution in [2.45, 2.75) is 24.8 Å². The van der Waals surface area contributed by atoms with Crippen LogP contribution < -0.4 is 16.4 Å². The van der Waals surface area contributed by atoms with Crippen molar-refractivity contribution >= 4 is 29.3 Å². The van der Waals surface area contributed by atoms with Crippen molar-refractivity contribution in [1.29, 1.82) is 0 Å². The van der Waals surface area contributed by atoms with E-state index in [2.05, 4.69) is 19.2 Å². The number of nitrogens with one attached hydrogen (secondary N) is 1. The average molecular weight is 391 g/mol. The Kier molecular flexibility index (Phi) is 7.82. The van der Waals surface area contributed by atoms with Crippen LogP contribution in [0.4, 0.5) is 10.1 Å². The van der Waals surface area contributed by atoms with Gasteiger partial charge in [-0.05, 0) is 24.3 Å². The van der Waals surface area contributed by atoms with Crippen molar-refractivity contribution in [3.8, 4) is 0 Å². The number of halogens is 1. The quantitative estimate of drug-likeness (QED) is 0.574. The molecule has 0 fully saturated rings. The molecule has 5 nitrogen and oxygen atoms in total. The number of thioether (sulfide) groups is 1. The normalized spacial score (nSPS) is 12.0. The molecule has 5 N–H and O–H groups in total. The van der Waals surface area contributed by atoms with Crippen LogP contribution in [0, 0.1) is 11.7 Å². The number of hydrogen-bond donors (Lipinski definition) is 3. The average Bonchev–Trinajstić information content (AvgIpc) is 2.62. The van der Waals surface area contributed by atoms with Crippen molar-refractivity contribution in [2.24, 2.45) is 11.7 Å². The number of hydrogen-bond acceptors (Lipinski definition) is 3. The number of carbonyl (C=O) groups excluding carboxylic acids is 2. The van der Waals surface area contributed by atoms with Crippen molar-refractivity contribution < 1.29 is 19.3 Å². The number of rotatable bonds is 9. The molecule has 2 aromatic carbocycles.